The van der Waals surface area contributed by atoms with Crippen LogP contribution in [0.4, 0.5) is 17.6 Å². The summed E-state index contributed by atoms with van der Waals surface area (Å²) in [7, 11) is 0. The van der Waals surface area contributed by atoms with Crippen LogP contribution in [0.25, 0.3) is 0 Å². The molecule has 2 aromatic rings. The van der Waals surface area contributed by atoms with Gasteiger partial charge in [-0.3, -0.25) is 0 Å². The molecule has 1 aromatic carbocycles. The minimum absolute atomic E-state index is 0.156. The van der Waals surface area contributed by atoms with Crippen LogP contribution in [0, 0.1) is 5.82 Å². The van der Waals surface area contributed by atoms with E-state index in [0.29, 0.717) is 11.6 Å². The predicted molar refractivity (Wildman–Crippen MR) is 60.7 cm³/mol. The lowest BCUT2D eigenvalue weighted by Gasteiger charge is -2.14. The standard InChI is InChI=1S/C13H11F4NO/c14-11-2-1-9(13(15,16)17)6-10(11)12(18)5-8-3-4-19-7-8/h1-4,6-7,12H,5,18H2. The summed E-state index contributed by atoms with van der Waals surface area (Å²) in [6.45, 7) is 0. The first-order valence-electron chi connectivity index (χ1n) is 5.51. The lowest BCUT2D eigenvalue weighted by Crippen LogP contribution is -2.16. The molecule has 2 rings (SSSR count). The average Bonchev–Trinajstić information content (AvgIpc) is 2.80. The van der Waals surface area contributed by atoms with Crippen molar-refractivity contribution < 1.29 is 22.0 Å². The lowest BCUT2D eigenvalue weighted by atomic mass is 9.99. The van der Waals surface area contributed by atoms with Gasteiger partial charge in [-0.25, -0.2) is 4.39 Å². The van der Waals surface area contributed by atoms with Crippen LogP contribution in [0.1, 0.15) is 22.7 Å². The summed E-state index contributed by atoms with van der Waals surface area (Å²) in [6.07, 6.45) is -1.47. The van der Waals surface area contributed by atoms with Crippen molar-refractivity contribution in [3.8, 4) is 0 Å². The van der Waals surface area contributed by atoms with Crippen LogP contribution < -0.4 is 5.73 Å². The zero-order valence-electron chi connectivity index (χ0n) is 9.75. The van der Waals surface area contributed by atoms with Gasteiger partial charge in [0.15, 0.2) is 0 Å². The summed E-state index contributed by atoms with van der Waals surface area (Å²) in [5.74, 6) is -0.746. The Balaban J connectivity index is 2.28. The first-order valence-corrected chi connectivity index (χ1v) is 5.51. The number of hydrogen-bond acceptors (Lipinski definition) is 2. The molecule has 102 valence electrons. The molecule has 2 nitrogen and oxygen atoms in total. The van der Waals surface area contributed by atoms with Crippen LogP contribution in [-0.4, -0.2) is 0 Å². The van der Waals surface area contributed by atoms with E-state index in [9.17, 15) is 17.6 Å². The maximum atomic E-state index is 13.6. The van der Waals surface area contributed by atoms with Crippen molar-refractivity contribution in [1.29, 1.82) is 0 Å². The van der Waals surface area contributed by atoms with Crippen LogP contribution >= 0.6 is 0 Å². The first kappa shape index (κ1) is 13.6. The van der Waals surface area contributed by atoms with Crippen molar-refractivity contribution in [3.63, 3.8) is 0 Å². The van der Waals surface area contributed by atoms with E-state index in [0.717, 1.165) is 12.1 Å². The molecule has 1 atom stereocenters. The number of furan rings is 1. The van der Waals surface area contributed by atoms with Crippen molar-refractivity contribution in [1.82, 2.24) is 0 Å². The number of halogens is 4. The molecule has 19 heavy (non-hydrogen) atoms. The number of hydrogen-bond donors (Lipinski definition) is 1. The molecule has 0 spiro atoms. The van der Waals surface area contributed by atoms with Gasteiger partial charge in [0.2, 0.25) is 0 Å². The van der Waals surface area contributed by atoms with E-state index in [-0.39, 0.29) is 12.0 Å². The monoisotopic (exact) mass is 273 g/mol. The molecular formula is C13H11F4NO. The molecule has 1 heterocycles. The quantitative estimate of drug-likeness (QED) is 0.866. The summed E-state index contributed by atoms with van der Waals surface area (Å²) in [5, 5.41) is 0. The highest BCUT2D eigenvalue weighted by atomic mass is 19.4. The molecule has 0 aliphatic rings. The van der Waals surface area contributed by atoms with Gasteiger partial charge in [-0.2, -0.15) is 13.2 Å². The molecule has 0 amide bonds. The molecule has 0 aliphatic heterocycles. The SMILES string of the molecule is NC(Cc1ccoc1)c1cc(C(F)(F)F)ccc1F. The normalized spacial score (nSPS) is 13.5. The fraction of sp³-hybridized carbons (Fsp3) is 0.231. The Morgan fingerprint density at radius 3 is 2.53 bits per heavy atom. The minimum atomic E-state index is -4.52. The summed E-state index contributed by atoms with van der Waals surface area (Å²) in [6, 6.07) is 3.00. The van der Waals surface area contributed by atoms with Crippen LogP contribution in [0.15, 0.2) is 41.2 Å². The van der Waals surface area contributed by atoms with Gasteiger partial charge in [0, 0.05) is 11.6 Å². The van der Waals surface area contributed by atoms with E-state index in [1.165, 1.54) is 12.5 Å². The summed E-state index contributed by atoms with van der Waals surface area (Å²) in [5.41, 5.74) is 5.38. The minimum Gasteiger partial charge on any atom is -0.472 e. The van der Waals surface area contributed by atoms with Crippen molar-refractivity contribution in [2.45, 2.75) is 18.6 Å². The zero-order valence-corrected chi connectivity index (χ0v) is 9.75. The Hall–Kier alpha value is -1.82. The van der Waals surface area contributed by atoms with Crippen molar-refractivity contribution >= 4 is 0 Å². The molecule has 0 fully saturated rings. The molecular weight excluding hydrogens is 262 g/mol. The Labute approximate surface area is 106 Å². The van der Waals surface area contributed by atoms with Gasteiger partial charge in [-0.05, 0) is 36.2 Å². The molecule has 0 saturated heterocycles. The summed E-state index contributed by atoms with van der Waals surface area (Å²) >= 11 is 0. The summed E-state index contributed by atoms with van der Waals surface area (Å²) < 4.78 is 56.1. The van der Waals surface area contributed by atoms with Gasteiger partial charge >= 0.3 is 6.18 Å². The second-order valence-electron chi connectivity index (χ2n) is 4.18. The van der Waals surface area contributed by atoms with Gasteiger partial charge in [0.1, 0.15) is 5.82 Å². The van der Waals surface area contributed by atoms with E-state index >= 15 is 0 Å². The number of benzene rings is 1. The van der Waals surface area contributed by atoms with Gasteiger partial charge < -0.3 is 10.2 Å². The highest BCUT2D eigenvalue weighted by Crippen LogP contribution is 2.32. The number of nitrogens with two attached hydrogens (primary N) is 1. The third kappa shape index (κ3) is 3.14. The summed E-state index contributed by atoms with van der Waals surface area (Å²) in [4.78, 5) is 0. The fourth-order valence-corrected chi connectivity index (χ4v) is 1.78. The van der Waals surface area contributed by atoms with Gasteiger partial charge in [0.25, 0.3) is 0 Å². The maximum Gasteiger partial charge on any atom is 0.416 e. The molecule has 0 radical (unpaired) electrons. The Morgan fingerprint density at radius 2 is 1.95 bits per heavy atom. The highest BCUT2D eigenvalue weighted by Gasteiger charge is 2.31. The van der Waals surface area contributed by atoms with E-state index in [4.69, 9.17) is 10.2 Å². The van der Waals surface area contributed by atoms with E-state index in [1.54, 1.807) is 6.07 Å². The van der Waals surface area contributed by atoms with Gasteiger partial charge in [0.05, 0.1) is 18.1 Å². The molecule has 1 unspecified atom stereocenters. The molecule has 0 saturated carbocycles. The lowest BCUT2D eigenvalue weighted by molar-refractivity contribution is -0.137. The van der Waals surface area contributed by atoms with Crippen LogP contribution in [0.2, 0.25) is 0 Å². The Kier molecular flexibility index (Phi) is 3.61. The van der Waals surface area contributed by atoms with Crippen LogP contribution in [0.3, 0.4) is 0 Å². The number of alkyl halides is 3. The van der Waals surface area contributed by atoms with E-state index in [2.05, 4.69) is 0 Å². The molecule has 2 N–H and O–H groups in total. The maximum absolute atomic E-state index is 13.6. The predicted octanol–water partition coefficient (Wildman–Crippen LogP) is 3.68. The Morgan fingerprint density at radius 1 is 1.21 bits per heavy atom. The third-order valence-electron chi connectivity index (χ3n) is 2.76. The second kappa shape index (κ2) is 5.05. The second-order valence-corrected chi connectivity index (χ2v) is 4.18. The fourth-order valence-electron chi connectivity index (χ4n) is 1.78. The molecule has 6 heteroatoms. The highest BCUT2D eigenvalue weighted by molar-refractivity contribution is 5.30. The Bertz CT molecular complexity index is 548. The van der Waals surface area contributed by atoms with Gasteiger partial charge in [-0.1, -0.05) is 0 Å². The van der Waals surface area contributed by atoms with Crippen molar-refractivity contribution in [3.05, 3.63) is 59.3 Å². The first-order chi connectivity index (χ1) is 8.88. The molecule has 0 aliphatic carbocycles. The van der Waals surface area contributed by atoms with Gasteiger partial charge in [-0.15, -0.1) is 0 Å². The largest absolute Gasteiger partial charge is 0.472 e. The smallest absolute Gasteiger partial charge is 0.416 e. The number of rotatable bonds is 3. The van der Waals surface area contributed by atoms with E-state index < -0.39 is 23.6 Å². The molecule has 1 aromatic heterocycles. The van der Waals surface area contributed by atoms with Crippen LogP contribution in [0.5, 0.6) is 0 Å². The average molecular weight is 273 g/mol. The van der Waals surface area contributed by atoms with Crippen molar-refractivity contribution in [2.24, 2.45) is 5.73 Å². The van der Waals surface area contributed by atoms with Crippen LogP contribution in [-0.2, 0) is 12.6 Å². The molecule has 0 bridgehead atoms. The van der Waals surface area contributed by atoms with Crippen molar-refractivity contribution in [2.75, 3.05) is 0 Å². The third-order valence-corrected chi connectivity index (χ3v) is 2.76. The topological polar surface area (TPSA) is 39.2 Å². The van der Waals surface area contributed by atoms with E-state index in [1.807, 2.05) is 0 Å². The zero-order chi connectivity index (χ0) is 14.0.